The Balaban J connectivity index is 2.22. The van der Waals surface area contributed by atoms with Crippen molar-refractivity contribution >= 4 is 27.5 Å². The minimum Gasteiger partial charge on any atom is -0.497 e. The van der Waals surface area contributed by atoms with Crippen molar-refractivity contribution in [1.82, 2.24) is 0 Å². The van der Waals surface area contributed by atoms with Gasteiger partial charge in [-0.05, 0) is 36.4 Å². The number of methoxy groups -OCH3 is 2. The number of hydrogen-bond acceptors (Lipinski definition) is 3. The molecule has 0 aliphatic heterocycles. The summed E-state index contributed by atoms with van der Waals surface area (Å²) in [7, 11) is 3.09. The third kappa shape index (κ3) is 3.51. The molecule has 0 bridgehead atoms. The third-order valence-electron chi connectivity index (χ3n) is 2.72. The van der Waals surface area contributed by atoms with Crippen molar-refractivity contribution < 1.29 is 14.3 Å². The second kappa shape index (κ2) is 6.43. The van der Waals surface area contributed by atoms with Gasteiger partial charge in [-0.1, -0.05) is 15.9 Å². The number of ether oxygens (including phenoxy) is 2. The van der Waals surface area contributed by atoms with Crippen molar-refractivity contribution in [1.29, 1.82) is 0 Å². The van der Waals surface area contributed by atoms with E-state index in [2.05, 4.69) is 21.2 Å². The van der Waals surface area contributed by atoms with Crippen LogP contribution in [0.3, 0.4) is 0 Å². The molecule has 1 N–H and O–H groups in total. The summed E-state index contributed by atoms with van der Waals surface area (Å²) in [5.41, 5.74) is 1.20. The van der Waals surface area contributed by atoms with Crippen LogP contribution < -0.4 is 14.8 Å². The molecule has 2 aromatic rings. The summed E-state index contributed by atoms with van der Waals surface area (Å²) in [6.07, 6.45) is 0. The van der Waals surface area contributed by atoms with E-state index in [-0.39, 0.29) is 5.91 Å². The fraction of sp³-hybridized carbons (Fsp3) is 0.133. The van der Waals surface area contributed by atoms with Gasteiger partial charge in [0.25, 0.3) is 5.91 Å². The minimum absolute atomic E-state index is 0.218. The molecule has 0 fully saturated rings. The lowest BCUT2D eigenvalue weighted by molar-refractivity contribution is 0.102. The van der Waals surface area contributed by atoms with Gasteiger partial charge in [-0.2, -0.15) is 0 Å². The van der Waals surface area contributed by atoms with Crippen molar-refractivity contribution in [3.63, 3.8) is 0 Å². The van der Waals surface area contributed by atoms with Crippen molar-refractivity contribution in [2.75, 3.05) is 19.5 Å². The lowest BCUT2D eigenvalue weighted by Gasteiger charge is -2.09. The first kappa shape index (κ1) is 14.4. The third-order valence-corrected chi connectivity index (χ3v) is 3.24. The predicted octanol–water partition coefficient (Wildman–Crippen LogP) is 3.72. The van der Waals surface area contributed by atoms with Gasteiger partial charge in [0.15, 0.2) is 0 Å². The lowest BCUT2D eigenvalue weighted by Crippen LogP contribution is -2.12. The molecule has 1 amide bonds. The van der Waals surface area contributed by atoms with Gasteiger partial charge in [-0.3, -0.25) is 4.79 Å². The van der Waals surface area contributed by atoms with E-state index < -0.39 is 0 Å². The summed E-state index contributed by atoms with van der Waals surface area (Å²) in [6.45, 7) is 0. The number of nitrogens with one attached hydrogen (secondary N) is 1. The van der Waals surface area contributed by atoms with Crippen LogP contribution in [-0.4, -0.2) is 20.1 Å². The van der Waals surface area contributed by atoms with Gasteiger partial charge in [0.05, 0.1) is 14.2 Å². The fourth-order valence-corrected chi connectivity index (χ4v) is 1.94. The van der Waals surface area contributed by atoms with Crippen LogP contribution in [0, 0.1) is 0 Å². The summed E-state index contributed by atoms with van der Waals surface area (Å²) < 4.78 is 11.3. The zero-order valence-electron chi connectivity index (χ0n) is 11.1. The highest BCUT2D eigenvalue weighted by molar-refractivity contribution is 9.10. The van der Waals surface area contributed by atoms with Crippen molar-refractivity contribution in [3.8, 4) is 11.5 Å². The largest absolute Gasteiger partial charge is 0.497 e. The fourth-order valence-electron chi connectivity index (χ4n) is 1.68. The molecule has 0 atom stereocenters. The summed E-state index contributed by atoms with van der Waals surface area (Å²) >= 11 is 3.35. The first-order chi connectivity index (χ1) is 9.62. The molecule has 4 nitrogen and oxygen atoms in total. The van der Waals surface area contributed by atoms with Crippen LogP contribution in [0.2, 0.25) is 0 Å². The van der Waals surface area contributed by atoms with Crippen LogP contribution in [0.15, 0.2) is 46.9 Å². The Morgan fingerprint density at radius 3 is 2.05 bits per heavy atom. The smallest absolute Gasteiger partial charge is 0.255 e. The molecule has 0 aliphatic carbocycles. The average molecular weight is 336 g/mol. The Morgan fingerprint density at radius 2 is 1.55 bits per heavy atom. The van der Waals surface area contributed by atoms with Crippen LogP contribution in [0.4, 0.5) is 5.69 Å². The normalized spacial score (nSPS) is 9.95. The first-order valence-corrected chi connectivity index (χ1v) is 6.71. The molecular weight excluding hydrogens is 322 g/mol. The monoisotopic (exact) mass is 335 g/mol. The molecule has 104 valence electrons. The van der Waals surface area contributed by atoms with Gasteiger partial charge in [-0.25, -0.2) is 0 Å². The van der Waals surface area contributed by atoms with Crippen LogP contribution in [-0.2, 0) is 0 Å². The van der Waals surface area contributed by atoms with Crippen LogP contribution >= 0.6 is 15.9 Å². The zero-order valence-corrected chi connectivity index (χ0v) is 12.7. The van der Waals surface area contributed by atoms with Crippen LogP contribution in [0.25, 0.3) is 0 Å². The molecule has 0 heterocycles. The molecule has 0 spiro atoms. The quantitative estimate of drug-likeness (QED) is 0.926. The highest BCUT2D eigenvalue weighted by Crippen LogP contribution is 2.23. The Labute approximate surface area is 125 Å². The summed E-state index contributed by atoms with van der Waals surface area (Å²) in [6, 6.07) is 12.4. The van der Waals surface area contributed by atoms with E-state index in [1.54, 1.807) is 32.4 Å². The number of carbonyl (C=O) groups excluding carboxylic acids is 1. The van der Waals surface area contributed by atoms with E-state index in [1.807, 2.05) is 24.3 Å². The molecule has 0 saturated heterocycles. The van der Waals surface area contributed by atoms with Crippen molar-refractivity contribution in [2.24, 2.45) is 0 Å². The topological polar surface area (TPSA) is 47.6 Å². The van der Waals surface area contributed by atoms with Crippen LogP contribution in [0.5, 0.6) is 11.5 Å². The minimum atomic E-state index is -0.218. The van der Waals surface area contributed by atoms with E-state index >= 15 is 0 Å². The Bertz CT molecular complexity index is 589. The number of anilines is 1. The van der Waals surface area contributed by atoms with E-state index in [0.717, 1.165) is 10.2 Å². The second-order valence-corrected chi connectivity index (χ2v) is 4.98. The number of amides is 1. The van der Waals surface area contributed by atoms with E-state index in [4.69, 9.17) is 9.47 Å². The number of halogens is 1. The van der Waals surface area contributed by atoms with E-state index in [1.165, 1.54) is 0 Å². The Kier molecular flexibility index (Phi) is 4.63. The lowest BCUT2D eigenvalue weighted by atomic mass is 10.2. The maximum absolute atomic E-state index is 12.2. The zero-order chi connectivity index (χ0) is 14.5. The molecule has 2 rings (SSSR count). The number of carbonyl (C=O) groups is 1. The van der Waals surface area contributed by atoms with Crippen LogP contribution in [0.1, 0.15) is 10.4 Å². The number of benzene rings is 2. The maximum atomic E-state index is 12.2. The highest BCUT2D eigenvalue weighted by atomic mass is 79.9. The number of hydrogen-bond donors (Lipinski definition) is 1. The van der Waals surface area contributed by atoms with Gasteiger partial charge < -0.3 is 14.8 Å². The van der Waals surface area contributed by atoms with E-state index in [0.29, 0.717) is 17.1 Å². The van der Waals surface area contributed by atoms with Gasteiger partial charge in [0.1, 0.15) is 11.5 Å². The van der Waals surface area contributed by atoms with Gasteiger partial charge in [-0.15, -0.1) is 0 Å². The molecule has 0 radical (unpaired) electrons. The highest BCUT2D eigenvalue weighted by Gasteiger charge is 2.10. The molecule has 0 aliphatic rings. The molecule has 5 heteroatoms. The predicted molar refractivity (Wildman–Crippen MR) is 81.6 cm³/mol. The van der Waals surface area contributed by atoms with Crippen molar-refractivity contribution in [3.05, 3.63) is 52.5 Å². The first-order valence-electron chi connectivity index (χ1n) is 5.92. The molecular formula is C15H14BrNO3. The standard InChI is InChI=1S/C15H14BrNO3/c1-19-13-7-10(8-14(9-13)20-2)15(18)17-12-5-3-11(16)4-6-12/h3-9H,1-2H3,(H,17,18). The second-order valence-electron chi connectivity index (χ2n) is 4.06. The van der Waals surface area contributed by atoms with Gasteiger partial charge in [0.2, 0.25) is 0 Å². The molecule has 20 heavy (non-hydrogen) atoms. The molecule has 2 aromatic carbocycles. The summed E-state index contributed by atoms with van der Waals surface area (Å²) in [5, 5.41) is 2.82. The Morgan fingerprint density at radius 1 is 1.00 bits per heavy atom. The van der Waals surface area contributed by atoms with Gasteiger partial charge >= 0.3 is 0 Å². The maximum Gasteiger partial charge on any atom is 0.255 e. The summed E-state index contributed by atoms with van der Waals surface area (Å²) in [5.74, 6) is 0.931. The van der Waals surface area contributed by atoms with E-state index in [9.17, 15) is 4.79 Å². The molecule has 0 unspecified atom stereocenters. The molecule has 0 aromatic heterocycles. The number of rotatable bonds is 4. The summed E-state index contributed by atoms with van der Waals surface area (Å²) in [4.78, 5) is 12.2. The average Bonchev–Trinajstić information content (AvgIpc) is 2.48. The SMILES string of the molecule is COc1cc(OC)cc(C(=O)Nc2ccc(Br)cc2)c1. The van der Waals surface area contributed by atoms with Gasteiger partial charge in [0, 0.05) is 21.8 Å². The molecule has 0 saturated carbocycles. The van der Waals surface area contributed by atoms with Crippen molar-refractivity contribution in [2.45, 2.75) is 0 Å². The Hall–Kier alpha value is -2.01.